The number of imide groups is 1. The zero-order valence-corrected chi connectivity index (χ0v) is 37.6. The fourth-order valence-electron chi connectivity index (χ4n) is 8.36. The molecule has 342 valence electrons. The first kappa shape index (κ1) is 45.4. The Morgan fingerprint density at radius 3 is 2.28 bits per heavy atom. The lowest BCUT2D eigenvalue weighted by Gasteiger charge is -2.23. The summed E-state index contributed by atoms with van der Waals surface area (Å²) in [5.74, 6) is 0.451. The summed E-state index contributed by atoms with van der Waals surface area (Å²) < 4.78 is 44.6. The summed E-state index contributed by atoms with van der Waals surface area (Å²) in [6, 6.07) is 35.7. The largest absolute Gasteiger partial charge is 0.491 e. The maximum absolute atomic E-state index is 13.6. The minimum atomic E-state index is -0.475. The summed E-state index contributed by atoms with van der Waals surface area (Å²) >= 11 is 6.60. The van der Waals surface area contributed by atoms with E-state index >= 15 is 0 Å². The van der Waals surface area contributed by atoms with Gasteiger partial charge in [-0.25, -0.2) is 19.3 Å². The number of ether oxygens (including phenoxy) is 5. The molecule has 2 amide bonds. The van der Waals surface area contributed by atoms with E-state index in [0.717, 1.165) is 84.9 Å². The zero-order chi connectivity index (χ0) is 46.0. The second-order valence-electron chi connectivity index (χ2n) is 16.3. The lowest BCUT2D eigenvalue weighted by Crippen LogP contribution is -2.41. The number of halogens is 2. The van der Waals surface area contributed by atoms with Gasteiger partial charge >= 0.3 is 0 Å². The highest BCUT2D eigenvalue weighted by Crippen LogP contribution is 2.35. The predicted molar refractivity (Wildman–Crippen MR) is 255 cm³/mol. The monoisotopic (exact) mass is 921 g/mol. The fraction of sp³-hybridized carbons (Fsp3) is 0.264. The molecule has 5 aromatic carbocycles. The molecule has 3 aromatic heterocycles. The molecule has 0 bridgehead atoms. The van der Waals surface area contributed by atoms with Crippen LogP contribution in [0.1, 0.15) is 47.7 Å². The van der Waals surface area contributed by atoms with Crippen molar-refractivity contribution in [2.24, 2.45) is 0 Å². The molecule has 8 aromatic rings. The highest BCUT2D eigenvalue weighted by Gasteiger charge is 2.31. The number of piperidine rings is 1. The van der Waals surface area contributed by atoms with Crippen molar-refractivity contribution in [3.63, 3.8) is 0 Å². The quantitative estimate of drug-likeness (QED) is 0.0548. The average Bonchev–Trinajstić information content (AvgIpc) is 3.66. The number of carbonyl (C=O) groups excluding carboxylic acids is 2. The van der Waals surface area contributed by atoms with Gasteiger partial charge in [-0.15, -0.1) is 0 Å². The normalized spacial score (nSPS) is 14.0. The van der Waals surface area contributed by atoms with Crippen LogP contribution >= 0.6 is 11.6 Å². The van der Waals surface area contributed by atoms with Crippen LogP contribution in [-0.2, 0) is 43.2 Å². The Morgan fingerprint density at radius 2 is 1.48 bits per heavy atom. The molecule has 14 heteroatoms. The van der Waals surface area contributed by atoms with Gasteiger partial charge in [0.05, 0.1) is 54.8 Å². The lowest BCUT2D eigenvalue weighted by molar-refractivity contribution is -0.135. The second kappa shape index (κ2) is 21.7. The Hall–Kier alpha value is -6.77. The molecule has 0 saturated carbocycles. The third-order valence-corrected chi connectivity index (χ3v) is 12.0. The fourth-order valence-corrected chi connectivity index (χ4v) is 8.62. The van der Waals surface area contributed by atoms with Gasteiger partial charge in [0.25, 0.3) is 0 Å². The minimum absolute atomic E-state index is 0.212. The van der Waals surface area contributed by atoms with Gasteiger partial charge in [-0.05, 0) is 108 Å². The van der Waals surface area contributed by atoms with Gasteiger partial charge in [-0.2, -0.15) is 0 Å². The van der Waals surface area contributed by atoms with E-state index in [1.165, 1.54) is 12.1 Å². The van der Waals surface area contributed by atoms with Crippen LogP contribution in [0.5, 0.6) is 11.5 Å². The Morgan fingerprint density at radius 1 is 0.687 bits per heavy atom. The first-order valence-corrected chi connectivity index (χ1v) is 22.8. The van der Waals surface area contributed by atoms with Crippen molar-refractivity contribution >= 4 is 56.3 Å². The highest BCUT2D eigenvalue weighted by atomic mass is 35.5. The number of aromatic nitrogens is 4. The number of fused-ring (bicyclic) bond motifs is 4. The number of para-hydroxylation sites is 1. The number of nitrogens with zero attached hydrogens (tertiary/aromatic N) is 4. The number of hydrogen-bond donors (Lipinski definition) is 1. The number of amides is 2. The van der Waals surface area contributed by atoms with Crippen LogP contribution in [0.15, 0.2) is 128 Å². The summed E-state index contributed by atoms with van der Waals surface area (Å²) in [6.07, 6.45) is 6.39. The standard InChI is InChI=1S/C53H49ClFN5O7/c54-45-29-35(10-18-50(45)67-33-37-5-3-7-40(55)27-37)30-47-44-31-39(13-16-46(44)57-34-58-47)38-11-14-41(15-12-38)66-26-25-65-24-23-64-22-21-63-20-4-6-36-28-43-42-8-1-2-9-48(42)60(52(43)56-32-36)49-17-19-51(61)59-53(49)62/h1-3,5,7-16,18,27-29,31-32,34,49H,4,6,17,19-26,30,33H2,(H,59,61,62). The molecule has 12 nitrogen and oxygen atoms in total. The maximum atomic E-state index is 13.6. The topological polar surface area (TPSA) is 136 Å². The number of carbonyl (C=O) groups is 2. The Labute approximate surface area is 392 Å². The van der Waals surface area contributed by atoms with Crippen molar-refractivity contribution in [1.29, 1.82) is 0 Å². The Bertz CT molecular complexity index is 3020. The van der Waals surface area contributed by atoms with Gasteiger partial charge < -0.3 is 28.3 Å². The smallest absolute Gasteiger partial charge is 0.249 e. The Kier molecular flexibility index (Phi) is 14.7. The van der Waals surface area contributed by atoms with Gasteiger partial charge in [-0.3, -0.25) is 14.9 Å². The van der Waals surface area contributed by atoms with Gasteiger partial charge in [0, 0.05) is 41.8 Å². The summed E-state index contributed by atoms with van der Waals surface area (Å²) in [5.41, 5.74) is 8.27. The van der Waals surface area contributed by atoms with Crippen molar-refractivity contribution < 1.29 is 37.7 Å². The van der Waals surface area contributed by atoms with E-state index in [-0.39, 0.29) is 24.2 Å². The van der Waals surface area contributed by atoms with Crippen molar-refractivity contribution in [1.82, 2.24) is 24.8 Å². The van der Waals surface area contributed by atoms with E-state index < -0.39 is 6.04 Å². The number of rotatable bonds is 21. The molecule has 1 aliphatic rings. The molecule has 1 saturated heterocycles. The molecule has 4 heterocycles. The number of nitrogens with one attached hydrogen (secondary N) is 1. The maximum Gasteiger partial charge on any atom is 0.249 e. The van der Waals surface area contributed by atoms with Crippen LogP contribution in [0.2, 0.25) is 5.02 Å². The van der Waals surface area contributed by atoms with Gasteiger partial charge in [-0.1, -0.05) is 66.2 Å². The number of benzene rings is 5. The molecule has 1 N–H and O–H groups in total. The zero-order valence-electron chi connectivity index (χ0n) is 36.8. The van der Waals surface area contributed by atoms with E-state index in [1.54, 1.807) is 18.5 Å². The van der Waals surface area contributed by atoms with E-state index in [4.69, 9.17) is 40.3 Å². The van der Waals surface area contributed by atoms with E-state index in [1.807, 2.05) is 83.6 Å². The first-order valence-electron chi connectivity index (χ1n) is 22.4. The lowest BCUT2D eigenvalue weighted by atomic mass is 10.00. The van der Waals surface area contributed by atoms with Crippen LogP contribution in [0.3, 0.4) is 0 Å². The first-order chi connectivity index (χ1) is 32.9. The van der Waals surface area contributed by atoms with Crippen LogP contribution in [0.4, 0.5) is 4.39 Å². The molecule has 9 rings (SSSR count). The van der Waals surface area contributed by atoms with E-state index in [9.17, 15) is 14.0 Å². The van der Waals surface area contributed by atoms with Crippen molar-refractivity contribution in [3.8, 4) is 22.6 Å². The molecule has 1 unspecified atom stereocenters. The van der Waals surface area contributed by atoms with Crippen molar-refractivity contribution in [3.05, 3.63) is 161 Å². The summed E-state index contributed by atoms with van der Waals surface area (Å²) in [7, 11) is 0. The third kappa shape index (κ3) is 11.3. The van der Waals surface area contributed by atoms with Crippen LogP contribution in [0, 0.1) is 5.82 Å². The molecular formula is C53H49ClFN5O7. The molecular weight excluding hydrogens is 873 g/mol. The molecule has 0 aliphatic carbocycles. The minimum Gasteiger partial charge on any atom is -0.491 e. The van der Waals surface area contributed by atoms with Crippen LogP contribution < -0.4 is 14.8 Å². The predicted octanol–water partition coefficient (Wildman–Crippen LogP) is 9.80. The summed E-state index contributed by atoms with van der Waals surface area (Å²) in [4.78, 5) is 38.4. The van der Waals surface area contributed by atoms with E-state index in [0.29, 0.717) is 76.3 Å². The van der Waals surface area contributed by atoms with Gasteiger partial charge in [0.2, 0.25) is 11.8 Å². The third-order valence-electron chi connectivity index (χ3n) is 11.7. The van der Waals surface area contributed by atoms with Gasteiger partial charge in [0.1, 0.15) is 48.5 Å². The second-order valence-corrected chi connectivity index (χ2v) is 16.7. The summed E-state index contributed by atoms with van der Waals surface area (Å²) in [6.45, 7) is 3.54. The van der Waals surface area contributed by atoms with E-state index in [2.05, 4.69) is 33.5 Å². The van der Waals surface area contributed by atoms with Crippen molar-refractivity contribution in [2.45, 2.75) is 44.8 Å². The van der Waals surface area contributed by atoms with Crippen LogP contribution in [-0.4, -0.2) is 77.6 Å². The molecule has 0 spiro atoms. The van der Waals surface area contributed by atoms with Crippen molar-refractivity contribution in [2.75, 3.05) is 46.2 Å². The number of pyridine rings is 1. The average molecular weight is 922 g/mol. The molecule has 0 radical (unpaired) electrons. The molecule has 1 atom stereocenters. The van der Waals surface area contributed by atoms with Crippen LogP contribution in [0.25, 0.3) is 44.0 Å². The Balaban J connectivity index is 0.660. The molecule has 1 fully saturated rings. The van der Waals surface area contributed by atoms with Gasteiger partial charge in [0.15, 0.2) is 0 Å². The highest BCUT2D eigenvalue weighted by molar-refractivity contribution is 6.32. The number of aryl methyl sites for hydroxylation is 1. The number of hydrogen-bond acceptors (Lipinski definition) is 10. The molecule has 1 aliphatic heterocycles. The SMILES string of the molecule is O=C1CCC(n2c3ccccc3c3cc(CCCOCCOCCOCCOc4ccc(-c5ccc6ncnc(Cc7ccc(OCc8cccc(F)c8)c(Cl)c7)c6c5)cc4)cnc32)C(=O)N1. The molecule has 67 heavy (non-hydrogen) atoms. The summed E-state index contributed by atoms with van der Waals surface area (Å²) in [5, 5.41) is 5.94.